The number of carbonyl (C=O) groups excluding carboxylic acids is 1. The monoisotopic (exact) mass is 302 g/mol. The minimum atomic E-state index is -0.168. The first kappa shape index (κ1) is 13.5. The maximum absolute atomic E-state index is 12.6. The molecule has 1 N–H and O–H groups in total. The van der Waals surface area contributed by atoms with Gasteiger partial charge in [-0.25, -0.2) is 9.50 Å². The second-order valence-corrected chi connectivity index (χ2v) is 5.99. The van der Waals surface area contributed by atoms with Gasteiger partial charge in [0.25, 0.3) is 11.5 Å². The summed E-state index contributed by atoms with van der Waals surface area (Å²) < 4.78 is 6.79. The SMILES string of the molecule is CCc1cc2nc3c(c(=O)n2[nH]1)CN(CC1CCOC1)C3=O. The zero-order valence-electron chi connectivity index (χ0n) is 12.5. The summed E-state index contributed by atoms with van der Waals surface area (Å²) in [5.74, 6) is 0.221. The second kappa shape index (κ2) is 4.95. The van der Waals surface area contributed by atoms with Crippen molar-refractivity contribution in [3.63, 3.8) is 0 Å². The van der Waals surface area contributed by atoms with E-state index in [0.29, 0.717) is 42.5 Å². The lowest BCUT2D eigenvalue weighted by molar-refractivity contribution is 0.0740. The largest absolute Gasteiger partial charge is 0.381 e. The number of fused-ring (bicyclic) bond motifs is 2. The minimum absolute atomic E-state index is 0.138. The Kier molecular flexibility index (Phi) is 3.04. The summed E-state index contributed by atoms with van der Waals surface area (Å²) in [6.45, 7) is 4.42. The van der Waals surface area contributed by atoms with Gasteiger partial charge in [0.2, 0.25) is 0 Å². The molecule has 4 heterocycles. The van der Waals surface area contributed by atoms with Crippen LogP contribution in [0.3, 0.4) is 0 Å². The molecule has 1 unspecified atom stereocenters. The van der Waals surface area contributed by atoms with Crippen LogP contribution in [0.25, 0.3) is 5.65 Å². The van der Waals surface area contributed by atoms with E-state index in [1.165, 1.54) is 4.52 Å². The Morgan fingerprint density at radius 2 is 2.32 bits per heavy atom. The third-order valence-electron chi connectivity index (χ3n) is 4.48. The zero-order valence-corrected chi connectivity index (χ0v) is 12.5. The highest BCUT2D eigenvalue weighted by Gasteiger charge is 2.34. The van der Waals surface area contributed by atoms with Gasteiger partial charge in [-0.2, -0.15) is 0 Å². The number of hydrogen-bond donors (Lipinski definition) is 1. The minimum Gasteiger partial charge on any atom is -0.381 e. The number of ether oxygens (including phenoxy) is 1. The predicted molar refractivity (Wildman–Crippen MR) is 78.9 cm³/mol. The number of aryl methyl sites for hydroxylation is 1. The Morgan fingerprint density at radius 3 is 3.05 bits per heavy atom. The van der Waals surface area contributed by atoms with Crippen molar-refractivity contribution in [1.82, 2.24) is 19.5 Å². The van der Waals surface area contributed by atoms with Crippen LogP contribution in [0.2, 0.25) is 0 Å². The van der Waals surface area contributed by atoms with E-state index >= 15 is 0 Å². The first-order valence-electron chi connectivity index (χ1n) is 7.68. The number of hydrogen-bond acceptors (Lipinski definition) is 4. The number of aromatic amines is 1. The van der Waals surface area contributed by atoms with Gasteiger partial charge < -0.3 is 9.64 Å². The molecule has 0 saturated carbocycles. The molecule has 0 aromatic carbocycles. The van der Waals surface area contributed by atoms with Gasteiger partial charge in [-0.15, -0.1) is 0 Å². The molecule has 7 nitrogen and oxygen atoms in total. The van der Waals surface area contributed by atoms with Gasteiger partial charge in [-0.05, 0) is 12.8 Å². The summed E-state index contributed by atoms with van der Waals surface area (Å²) in [6.07, 6.45) is 1.75. The van der Waals surface area contributed by atoms with Crippen LogP contribution in [-0.2, 0) is 17.7 Å². The van der Waals surface area contributed by atoms with E-state index in [9.17, 15) is 9.59 Å². The lowest BCUT2D eigenvalue weighted by Gasteiger charge is -2.18. The number of nitrogens with zero attached hydrogens (tertiary/aromatic N) is 3. The second-order valence-electron chi connectivity index (χ2n) is 5.99. The summed E-state index contributed by atoms with van der Waals surface area (Å²) in [6, 6.07) is 1.82. The number of amides is 1. The van der Waals surface area contributed by atoms with Crippen molar-refractivity contribution < 1.29 is 9.53 Å². The third kappa shape index (κ3) is 1.96. The molecule has 2 aromatic rings. The van der Waals surface area contributed by atoms with Crippen molar-refractivity contribution in [1.29, 1.82) is 0 Å². The molecule has 1 atom stereocenters. The van der Waals surface area contributed by atoms with Crippen molar-refractivity contribution >= 4 is 11.6 Å². The fourth-order valence-electron chi connectivity index (χ4n) is 3.21. The highest BCUT2D eigenvalue weighted by molar-refractivity contribution is 5.96. The molecule has 116 valence electrons. The Hall–Kier alpha value is -2.15. The molecule has 2 aromatic heterocycles. The molecule has 7 heteroatoms. The quantitative estimate of drug-likeness (QED) is 0.899. The van der Waals surface area contributed by atoms with Crippen LogP contribution < -0.4 is 5.56 Å². The van der Waals surface area contributed by atoms with Crippen LogP contribution >= 0.6 is 0 Å². The number of aromatic nitrogens is 3. The highest BCUT2D eigenvalue weighted by atomic mass is 16.5. The van der Waals surface area contributed by atoms with Crippen LogP contribution in [0.5, 0.6) is 0 Å². The Balaban J connectivity index is 1.70. The summed E-state index contributed by atoms with van der Waals surface area (Å²) in [5, 5.41) is 3.04. The molecule has 2 aliphatic heterocycles. The fourth-order valence-corrected chi connectivity index (χ4v) is 3.21. The Bertz CT molecular complexity index is 801. The molecule has 0 bridgehead atoms. The van der Waals surface area contributed by atoms with E-state index in [1.807, 2.05) is 13.0 Å². The van der Waals surface area contributed by atoms with E-state index in [-0.39, 0.29) is 11.5 Å². The maximum Gasteiger partial charge on any atom is 0.278 e. The van der Waals surface area contributed by atoms with Gasteiger partial charge in [0.1, 0.15) is 5.69 Å². The first-order chi connectivity index (χ1) is 10.7. The first-order valence-corrected chi connectivity index (χ1v) is 7.68. The van der Waals surface area contributed by atoms with Crippen LogP contribution in [0.15, 0.2) is 10.9 Å². The molecule has 22 heavy (non-hydrogen) atoms. The van der Waals surface area contributed by atoms with E-state index in [0.717, 1.165) is 25.1 Å². The van der Waals surface area contributed by atoms with Gasteiger partial charge in [0.05, 0.1) is 18.7 Å². The summed E-state index contributed by atoms with van der Waals surface area (Å²) in [4.78, 5) is 31.2. The van der Waals surface area contributed by atoms with Gasteiger partial charge in [-0.3, -0.25) is 14.7 Å². The number of rotatable bonds is 3. The molecule has 0 spiro atoms. The van der Waals surface area contributed by atoms with Crippen molar-refractivity contribution in [2.75, 3.05) is 19.8 Å². The average molecular weight is 302 g/mol. The number of carbonyl (C=O) groups is 1. The predicted octanol–water partition coefficient (Wildman–Crippen LogP) is 0.577. The van der Waals surface area contributed by atoms with Gasteiger partial charge in [0, 0.05) is 30.8 Å². The lowest BCUT2D eigenvalue weighted by atomic mass is 10.1. The lowest BCUT2D eigenvalue weighted by Crippen LogP contribution is -2.30. The molecule has 0 radical (unpaired) electrons. The van der Waals surface area contributed by atoms with E-state index in [4.69, 9.17) is 4.74 Å². The zero-order chi connectivity index (χ0) is 15.3. The topological polar surface area (TPSA) is 79.7 Å². The molecule has 4 rings (SSSR count). The van der Waals surface area contributed by atoms with Crippen LogP contribution in [0.1, 0.15) is 35.1 Å². The highest BCUT2D eigenvalue weighted by Crippen LogP contribution is 2.22. The maximum atomic E-state index is 12.6. The smallest absolute Gasteiger partial charge is 0.278 e. The normalized spacial score (nSPS) is 21.0. The van der Waals surface area contributed by atoms with Crippen LogP contribution in [-0.4, -0.2) is 45.2 Å². The molecular formula is C15H18N4O3. The summed E-state index contributed by atoms with van der Waals surface area (Å²) >= 11 is 0. The van der Waals surface area contributed by atoms with E-state index < -0.39 is 0 Å². The van der Waals surface area contributed by atoms with Crippen molar-refractivity contribution in [3.8, 4) is 0 Å². The molecule has 1 saturated heterocycles. The Labute approximate surface area is 126 Å². The third-order valence-corrected chi connectivity index (χ3v) is 4.48. The van der Waals surface area contributed by atoms with Crippen LogP contribution in [0.4, 0.5) is 0 Å². The van der Waals surface area contributed by atoms with Gasteiger partial charge in [-0.1, -0.05) is 6.92 Å². The number of nitrogens with one attached hydrogen (secondary N) is 1. The van der Waals surface area contributed by atoms with Crippen LogP contribution in [0, 0.1) is 5.92 Å². The van der Waals surface area contributed by atoms with Crippen molar-refractivity contribution in [2.24, 2.45) is 5.92 Å². The molecular weight excluding hydrogens is 284 g/mol. The van der Waals surface area contributed by atoms with E-state index in [2.05, 4.69) is 10.1 Å². The van der Waals surface area contributed by atoms with Crippen molar-refractivity contribution in [3.05, 3.63) is 33.4 Å². The summed E-state index contributed by atoms with van der Waals surface area (Å²) in [5.41, 5.74) is 2.08. The molecule has 1 fully saturated rings. The molecule has 0 aliphatic carbocycles. The Morgan fingerprint density at radius 1 is 1.45 bits per heavy atom. The van der Waals surface area contributed by atoms with Gasteiger partial charge >= 0.3 is 0 Å². The van der Waals surface area contributed by atoms with Gasteiger partial charge in [0.15, 0.2) is 5.65 Å². The fraction of sp³-hybridized carbons (Fsp3) is 0.533. The average Bonchev–Trinajstić information content (AvgIpc) is 3.22. The summed E-state index contributed by atoms with van der Waals surface area (Å²) in [7, 11) is 0. The molecule has 2 aliphatic rings. The standard InChI is InChI=1S/C15H18N4O3/c1-2-10-5-12-16-13-11(14(20)19(12)17-10)7-18(15(13)21)6-9-3-4-22-8-9/h5,9,17H,2-4,6-8H2,1H3. The number of H-pyrrole nitrogens is 1. The van der Waals surface area contributed by atoms with Crippen molar-refractivity contribution in [2.45, 2.75) is 26.3 Å². The molecule has 1 amide bonds. The van der Waals surface area contributed by atoms with E-state index in [1.54, 1.807) is 4.90 Å².